The summed E-state index contributed by atoms with van der Waals surface area (Å²) in [5, 5.41) is 3.24. The van der Waals surface area contributed by atoms with E-state index >= 15 is 0 Å². The first-order valence-corrected chi connectivity index (χ1v) is 6.16. The molecule has 0 aromatic heterocycles. The van der Waals surface area contributed by atoms with Crippen LogP contribution in [0.1, 0.15) is 39.3 Å². The number of benzene rings is 1. The summed E-state index contributed by atoms with van der Waals surface area (Å²) < 4.78 is 27.0. The van der Waals surface area contributed by atoms with Gasteiger partial charge >= 0.3 is 0 Å². The summed E-state index contributed by atoms with van der Waals surface area (Å²) in [6.45, 7) is 8.94. The van der Waals surface area contributed by atoms with Crippen LogP contribution >= 0.6 is 0 Å². The Morgan fingerprint density at radius 3 is 2.35 bits per heavy atom. The van der Waals surface area contributed by atoms with E-state index in [2.05, 4.69) is 26.1 Å². The van der Waals surface area contributed by atoms with E-state index in [1.165, 1.54) is 0 Å². The van der Waals surface area contributed by atoms with E-state index in [4.69, 9.17) is 0 Å². The molecule has 2 unspecified atom stereocenters. The Balaban J connectivity index is 3.09. The number of hydrogen-bond acceptors (Lipinski definition) is 1. The molecular formula is C14H21F2N. The Labute approximate surface area is 102 Å². The highest BCUT2D eigenvalue weighted by atomic mass is 19.2. The van der Waals surface area contributed by atoms with Crippen molar-refractivity contribution in [2.45, 2.75) is 33.7 Å². The predicted molar refractivity (Wildman–Crippen MR) is 66.8 cm³/mol. The molecule has 0 spiro atoms. The van der Waals surface area contributed by atoms with Crippen molar-refractivity contribution in [3.8, 4) is 0 Å². The second-order valence-corrected chi connectivity index (χ2v) is 4.78. The summed E-state index contributed by atoms with van der Waals surface area (Å²) in [5.74, 6) is -0.861. The maximum atomic E-state index is 13.8. The first-order chi connectivity index (χ1) is 7.99. The van der Waals surface area contributed by atoms with Gasteiger partial charge in [-0.1, -0.05) is 39.8 Å². The first kappa shape index (κ1) is 14.1. The Hall–Kier alpha value is -0.960. The van der Waals surface area contributed by atoms with Gasteiger partial charge in [0.25, 0.3) is 0 Å². The second-order valence-electron chi connectivity index (χ2n) is 4.78. The molecule has 0 saturated carbocycles. The van der Waals surface area contributed by atoms with Gasteiger partial charge in [-0.15, -0.1) is 0 Å². The monoisotopic (exact) mass is 241 g/mol. The van der Waals surface area contributed by atoms with E-state index in [1.807, 2.05) is 6.92 Å². The van der Waals surface area contributed by atoms with Crippen LogP contribution in [0.15, 0.2) is 18.2 Å². The van der Waals surface area contributed by atoms with Crippen LogP contribution in [0.5, 0.6) is 0 Å². The van der Waals surface area contributed by atoms with Gasteiger partial charge in [-0.05, 0) is 24.4 Å². The molecule has 3 heteroatoms. The molecule has 0 saturated heterocycles. The van der Waals surface area contributed by atoms with Crippen LogP contribution in [-0.2, 0) is 0 Å². The molecule has 96 valence electrons. The predicted octanol–water partition coefficient (Wildman–Crippen LogP) is 3.91. The molecule has 0 amide bonds. The zero-order valence-corrected chi connectivity index (χ0v) is 10.9. The highest BCUT2D eigenvalue weighted by molar-refractivity contribution is 5.23. The van der Waals surface area contributed by atoms with Gasteiger partial charge in [-0.3, -0.25) is 0 Å². The third-order valence-corrected chi connectivity index (χ3v) is 3.32. The van der Waals surface area contributed by atoms with Crippen LogP contribution < -0.4 is 5.32 Å². The fraction of sp³-hybridized carbons (Fsp3) is 0.571. The third-order valence-electron chi connectivity index (χ3n) is 3.32. The minimum absolute atomic E-state index is 0.143. The normalized spacial score (nSPS) is 15.0. The van der Waals surface area contributed by atoms with Crippen LogP contribution in [0.3, 0.4) is 0 Å². The van der Waals surface area contributed by atoms with Crippen molar-refractivity contribution >= 4 is 0 Å². The molecule has 17 heavy (non-hydrogen) atoms. The molecule has 1 N–H and O–H groups in total. The highest BCUT2D eigenvalue weighted by Gasteiger charge is 2.24. The molecule has 0 aliphatic heterocycles. The molecule has 0 fully saturated rings. The van der Waals surface area contributed by atoms with Crippen molar-refractivity contribution in [2.75, 3.05) is 6.54 Å². The van der Waals surface area contributed by atoms with E-state index in [0.717, 1.165) is 12.6 Å². The lowest BCUT2D eigenvalue weighted by Crippen LogP contribution is -2.30. The van der Waals surface area contributed by atoms with E-state index in [0.29, 0.717) is 11.5 Å². The van der Waals surface area contributed by atoms with Crippen molar-refractivity contribution in [3.05, 3.63) is 35.4 Å². The standard InChI is InChI=1S/C14H21F2N/c1-5-17-14(10(4)9(2)3)11-7-6-8-12(15)13(11)16/h6-10,14,17H,5H2,1-4H3. The van der Waals surface area contributed by atoms with Crippen LogP contribution in [0.25, 0.3) is 0 Å². The van der Waals surface area contributed by atoms with Crippen molar-refractivity contribution in [1.82, 2.24) is 5.32 Å². The van der Waals surface area contributed by atoms with Crippen LogP contribution in [0.4, 0.5) is 8.78 Å². The summed E-state index contributed by atoms with van der Waals surface area (Å²) in [6.07, 6.45) is 0. The maximum absolute atomic E-state index is 13.8. The molecule has 0 bridgehead atoms. The van der Waals surface area contributed by atoms with Crippen molar-refractivity contribution in [2.24, 2.45) is 11.8 Å². The van der Waals surface area contributed by atoms with Crippen molar-refractivity contribution < 1.29 is 8.78 Å². The number of nitrogens with one attached hydrogen (secondary N) is 1. The molecule has 0 aliphatic carbocycles. The molecule has 0 aliphatic rings. The van der Waals surface area contributed by atoms with E-state index in [9.17, 15) is 8.78 Å². The molecular weight excluding hydrogens is 220 g/mol. The zero-order chi connectivity index (χ0) is 13.0. The fourth-order valence-electron chi connectivity index (χ4n) is 1.94. The number of hydrogen-bond donors (Lipinski definition) is 1. The summed E-state index contributed by atoms with van der Waals surface area (Å²) in [6, 6.07) is 4.23. The first-order valence-electron chi connectivity index (χ1n) is 6.16. The van der Waals surface area contributed by atoms with E-state index in [1.54, 1.807) is 12.1 Å². The number of rotatable bonds is 5. The van der Waals surface area contributed by atoms with Gasteiger partial charge in [0.1, 0.15) is 0 Å². The minimum atomic E-state index is -0.777. The molecule has 1 nitrogen and oxygen atoms in total. The minimum Gasteiger partial charge on any atom is -0.310 e. The summed E-state index contributed by atoms with van der Waals surface area (Å²) in [4.78, 5) is 0. The Morgan fingerprint density at radius 2 is 1.82 bits per heavy atom. The van der Waals surface area contributed by atoms with Gasteiger partial charge in [0.05, 0.1) is 0 Å². The summed E-state index contributed by atoms with van der Waals surface area (Å²) in [7, 11) is 0. The third kappa shape index (κ3) is 3.25. The highest BCUT2D eigenvalue weighted by Crippen LogP contribution is 2.30. The van der Waals surface area contributed by atoms with E-state index < -0.39 is 11.6 Å². The van der Waals surface area contributed by atoms with Gasteiger partial charge in [-0.25, -0.2) is 8.78 Å². The van der Waals surface area contributed by atoms with Gasteiger partial charge in [0.15, 0.2) is 11.6 Å². The largest absolute Gasteiger partial charge is 0.310 e. The maximum Gasteiger partial charge on any atom is 0.163 e. The fourth-order valence-corrected chi connectivity index (χ4v) is 1.94. The second kappa shape index (κ2) is 6.10. The molecule has 0 heterocycles. The average molecular weight is 241 g/mol. The topological polar surface area (TPSA) is 12.0 Å². The lowest BCUT2D eigenvalue weighted by Gasteiger charge is -2.28. The van der Waals surface area contributed by atoms with Crippen LogP contribution in [-0.4, -0.2) is 6.54 Å². The van der Waals surface area contributed by atoms with E-state index in [-0.39, 0.29) is 12.0 Å². The number of halogens is 2. The molecule has 1 aromatic carbocycles. The Morgan fingerprint density at radius 1 is 1.18 bits per heavy atom. The Kier molecular flexibility index (Phi) is 5.06. The van der Waals surface area contributed by atoms with Gasteiger partial charge in [0.2, 0.25) is 0 Å². The molecule has 1 aromatic rings. The quantitative estimate of drug-likeness (QED) is 0.824. The van der Waals surface area contributed by atoms with Crippen LogP contribution in [0, 0.1) is 23.5 Å². The van der Waals surface area contributed by atoms with Crippen LogP contribution in [0.2, 0.25) is 0 Å². The lowest BCUT2D eigenvalue weighted by molar-refractivity contribution is 0.298. The summed E-state index contributed by atoms with van der Waals surface area (Å²) >= 11 is 0. The summed E-state index contributed by atoms with van der Waals surface area (Å²) in [5.41, 5.74) is 0.424. The lowest BCUT2D eigenvalue weighted by atomic mass is 9.86. The average Bonchev–Trinajstić information content (AvgIpc) is 2.29. The van der Waals surface area contributed by atoms with Gasteiger partial charge in [0, 0.05) is 11.6 Å². The van der Waals surface area contributed by atoms with Gasteiger partial charge < -0.3 is 5.32 Å². The Bertz CT molecular complexity index is 363. The van der Waals surface area contributed by atoms with Crippen molar-refractivity contribution in [1.29, 1.82) is 0 Å². The zero-order valence-electron chi connectivity index (χ0n) is 10.9. The SMILES string of the molecule is CCNC(c1cccc(F)c1F)C(C)C(C)C. The molecule has 2 atom stereocenters. The van der Waals surface area contributed by atoms with Gasteiger partial charge in [-0.2, -0.15) is 0 Å². The molecule has 1 rings (SSSR count). The smallest absolute Gasteiger partial charge is 0.163 e. The molecule has 0 radical (unpaired) electrons. The van der Waals surface area contributed by atoms with Crippen molar-refractivity contribution in [3.63, 3.8) is 0 Å².